The van der Waals surface area contributed by atoms with Gasteiger partial charge in [-0.1, -0.05) is 18.9 Å². The molecule has 1 amide bonds. The van der Waals surface area contributed by atoms with Gasteiger partial charge in [0.15, 0.2) is 11.6 Å². The highest BCUT2D eigenvalue weighted by molar-refractivity contribution is 5.85. The van der Waals surface area contributed by atoms with Crippen LogP contribution in [0.5, 0.6) is 5.75 Å². The first kappa shape index (κ1) is 19.7. The first-order valence-electron chi connectivity index (χ1n) is 6.96. The zero-order chi connectivity index (χ0) is 14.8. The molecule has 0 aliphatic rings. The van der Waals surface area contributed by atoms with E-state index in [2.05, 4.69) is 5.32 Å². The van der Waals surface area contributed by atoms with E-state index in [1.54, 1.807) is 12.1 Å². The van der Waals surface area contributed by atoms with Gasteiger partial charge in [0.25, 0.3) is 0 Å². The van der Waals surface area contributed by atoms with Crippen molar-refractivity contribution in [2.24, 2.45) is 5.73 Å². The number of hydrogen-bond donors (Lipinski definition) is 2. The van der Waals surface area contributed by atoms with E-state index in [1.165, 1.54) is 13.2 Å². The number of rotatable bonds is 9. The molecule has 3 N–H and O–H groups in total. The van der Waals surface area contributed by atoms with Crippen molar-refractivity contribution in [3.05, 3.63) is 29.6 Å². The molecule has 0 spiro atoms. The number of hydrogen-bond acceptors (Lipinski definition) is 3. The third kappa shape index (κ3) is 7.87. The fraction of sp³-hybridized carbons (Fsp3) is 0.533. The lowest BCUT2D eigenvalue weighted by molar-refractivity contribution is -0.121. The molecule has 0 radical (unpaired) electrons. The summed E-state index contributed by atoms with van der Waals surface area (Å²) in [5, 5.41) is 2.78. The molecule has 0 heterocycles. The summed E-state index contributed by atoms with van der Waals surface area (Å²) < 4.78 is 18.3. The number of amides is 1. The van der Waals surface area contributed by atoms with Gasteiger partial charge in [-0.15, -0.1) is 12.4 Å². The first-order valence-corrected chi connectivity index (χ1v) is 6.96. The Bertz CT molecular complexity index is 430. The molecule has 0 saturated carbocycles. The maximum atomic E-state index is 13.4. The summed E-state index contributed by atoms with van der Waals surface area (Å²) in [5.74, 6) is -0.213. The Balaban J connectivity index is 0.00000400. The van der Waals surface area contributed by atoms with Gasteiger partial charge in [0.2, 0.25) is 5.91 Å². The van der Waals surface area contributed by atoms with E-state index in [1.807, 2.05) is 0 Å². The smallest absolute Gasteiger partial charge is 0.220 e. The molecule has 1 aromatic rings. The fourth-order valence-electron chi connectivity index (χ4n) is 1.89. The molecule has 0 aliphatic heterocycles. The Morgan fingerprint density at radius 2 is 2.00 bits per heavy atom. The molecule has 4 nitrogen and oxygen atoms in total. The Labute approximate surface area is 131 Å². The van der Waals surface area contributed by atoms with Crippen LogP contribution in [0.4, 0.5) is 4.39 Å². The Morgan fingerprint density at radius 1 is 1.29 bits per heavy atom. The predicted octanol–water partition coefficient (Wildman–Crippen LogP) is 2.78. The number of nitrogens with one attached hydrogen (secondary N) is 1. The highest BCUT2D eigenvalue weighted by Gasteiger charge is 2.05. The number of benzene rings is 1. The van der Waals surface area contributed by atoms with Gasteiger partial charge in [-0.25, -0.2) is 4.39 Å². The van der Waals surface area contributed by atoms with E-state index in [4.69, 9.17) is 10.5 Å². The Hall–Kier alpha value is -1.33. The van der Waals surface area contributed by atoms with Gasteiger partial charge in [-0.3, -0.25) is 4.79 Å². The highest BCUT2D eigenvalue weighted by Crippen LogP contribution is 2.17. The monoisotopic (exact) mass is 318 g/mol. The zero-order valence-electron chi connectivity index (χ0n) is 12.4. The second kappa shape index (κ2) is 11.3. The van der Waals surface area contributed by atoms with Crippen LogP contribution in [-0.2, 0) is 11.3 Å². The van der Waals surface area contributed by atoms with Crippen LogP contribution < -0.4 is 15.8 Å². The molecular formula is C15H24ClFN2O2. The van der Waals surface area contributed by atoms with Crippen molar-refractivity contribution in [2.75, 3.05) is 13.7 Å². The van der Waals surface area contributed by atoms with E-state index in [0.717, 1.165) is 31.2 Å². The van der Waals surface area contributed by atoms with E-state index >= 15 is 0 Å². The van der Waals surface area contributed by atoms with Crippen LogP contribution in [0.25, 0.3) is 0 Å². The molecule has 1 aromatic carbocycles. The quantitative estimate of drug-likeness (QED) is 0.688. The normalized spacial score (nSPS) is 9.86. The average molecular weight is 319 g/mol. The number of carbonyl (C=O) groups excluding carboxylic acids is 1. The molecule has 0 aromatic heterocycles. The van der Waals surface area contributed by atoms with Crippen molar-refractivity contribution in [1.82, 2.24) is 5.32 Å². The minimum absolute atomic E-state index is 0. The lowest BCUT2D eigenvalue weighted by Gasteiger charge is -2.07. The lowest BCUT2D eigenvalue weighted by Crippen LogP contribution is -2.22. The molecule has 0 bridgehead atoms. The first-order chi connectivity index (χ1) is 9.67. The second-order valence-corrected chi connectivity index (χ2v) is 4.70. The molecule has 0 aliphatic carbocycles. The molecule has 0 atom stereocenters. The molecule has 0 fully saturated rings. The summed E-state index contributed by atoms with van der Waals surface area (Å²) in [6.45, 7) is 1.04. The Morgan fingerprint density at radius 3 is 2.62 bits per heavy atom. The molecular weight excluding hydrogens is 295 g/mol. The van der Waals surface area contributed by atoms with E-state index in [-0.39, 0.29) is 24.1 Å². The van der Waals surface area contributed by atoms with Gasteiger partial charge < -0.3 is 15.8 Å². The van der Waals surface area contributed by atoms with Crippen LogP contribution in [0.1, 0.15) is 37.7 Å². The van der Waals surface area contributed by atoms with Gasteiger partial charge in [-0.05, 0) is 37.1 Å². The number of nitrogens with two attached hydrogens (primary N) is 1. The maximum Gasteiger partial charge on any atom is 0.220 e. The third-order valence-electron chi connectivity index (χ3n) is 3.06. The van der Waals surface area contributed by atoms with Gasteiger partial charge in [0, 0.05) is 13.0 Å². The summed E-state index contributed by atoms with van der Waals surface area (Å²) in [5.41, 5.74) is 6.12. The molecule has 21 heavy (non-hydrogen) atoms. The zero-order valence-corrected chi connectivity index (χ0v) is 13.2. The van der Waals surface area contributed by atoms with Gasteiger partial charge >= 0.3 is 0 Å². The topological polar surface area (TPSA) is 64.3 Å². The van der Waals surface area contributed by atoms with Crippen LogP contribution in [0.15, 0.2) is 18.2 Å². The van der Waals surface area contributed by atoms with Gasteiger partial charge in [0.1, 0.15) is 0 Å². The van der Waals surface area contributed by atoms with Gasteiger partial charge in [-0.2, -0.15) is 0 Å². The van der Waals surface area contributed by atoms with Crippen molar-refractivity contribution in [2.45, 2.75) is 38.6 Å². The van der Waals surface area contributed by atoms with Crippen molar-refractivity contribution in [3.8, 4) is 5.75 Å². The number of halogens is 2. The standard InChI is InChI=1S/C15H23FN2O2.ClH/c1-20-14-8-7-12(10-13(14)16)11-18-15(19)6-4-2-3-5-9-17;/h7-8,10H,2-6,9,11,17H2,1H3,(H,18,19);1H. The van der Waals surface area contributed by atoms with Crippen LogP contribution in [0.3, 0.4) is 0 Å². The van der Waals surface area contributed by atoms with Crippen LogP contribution >= 0.6 is 12.4 Å². The minimum atomic E-state index is -0.416. The number of unbranched alkanes of at least 4 members (excludes halogenated alkanes) is 3. The van der Waals surface area contributed by atoms with E-state index in [9.17, 15) is 9.18 Å². The van der Waals surface area contributed by atoms with Crippen molar-refractivity contribution >= 4 is 18.3 Å². The summed E-state index contributed by atoms with van der Waals surface area (Å²) in [7, 11) is 1.42. The van der Waals surface area contributed by atoms with Crippen LogP contribution in [-0.4, -0.2) is 19.6 Å². The largest absolute Gasteiger partial charge is 0.494 e. The lowest BCUT2D eigenvalue weighted by atomic mass is 10.1. The number of carbonyl (C=O) groups is 1. The average Bonchev–Trinajstić information content (AvgIpc) is 2.45. The number of ether oxygens (including phenoxy) is 1. The summed E-state index contributed by atoms with van der Waals surface area (Å²) in [6, 6.07) is 4.67. The van der Waals surface area contributed by atoms with Crippen LogP contribution in [0, 0.1) is 5.82 Å². The molecule has 0 saturated heterocycles. The van der Waals surface area contributed by atoms with E-state index < -0.39 is 5.82 Å². The van der Waals surface area contributed by atoms with E-state index in [0.29, 0.717) is 19.5 Å². The minimum Gasteiger partial charge on any atom is -0.494 e. The number of methoxy groups -OCH3 is 1. The summed E-state index contributed by atoms with van der Waals surface area (Å²) >= 11 is 0. The van der Waals surface area contributed by atoms with Gasteiger partial charge in [0.05, 0.1) is 7.11 Å². The summed E-state index contributed by atoms with van der Waals surface area (Å²) in [4.78, 5) is 11.6. The maximum absolute atomic E-state index is 13.4. The molecule has 120 valence electrons. The highest BCUT2D eigenvalue weighted by atomic mass is 35.5. The predicted molar refractivity (Wildman–Crippen MR) is 84.2 cm³/mol. The molecule has 1 rings (SSSR count). The van der Waals surface area contributed by atoms with Crippen molar-refractivity contribution < 1.29 is 13.9 Å². The summed E-state index contributed by atoms with van der Waals surface area (Å²) in [6.07, 6.45) is 4.45. The van der Waals surface area contributed by atoms with Crippen molar-refractivity contribution in [1.29, 1.82) is 0 Å². The van der Waals surface area contributed by atoms with Crippen LogP contribution in [0.2, 0.25) is 0 Å². The molecule has 6 heteroatoms. The third-order valence-corrected chi connectivity index (χ3v) is 3.06. The van der Waals surface area contributed by atoms with Crippen molar-refractivity contribution in [3.63, 3.8) is 0 Å². The molecule has 0 unspecified atom stereocenters. The second-order valence-electron chi connectivity index (χ2n) is 4.70. The SMILES string of the molecule is COc1ccc(CNC(=O)CCCCCCN)cc1F.Cl. The fourth-order valence-corrected chi connectivity index (χ4v) is 1.89. The Kier molecular flexibility index (Phi) is 10.6.